The lowest BCUT2D eigenvalue weighted by molar-refractivity contribution is -0.123. The molecule has 2 atom stereocenters. The fraction of sp³-hybridized carbons (Fsp3) is 0.846. The summed E-state index contributed by atoms with van der Waals surface area (Å²) < 4.78 is 0. The first-order chi connectivity index (χ1) is 9.00. The molecule has 6 nitrogen and oxygen atoms in total. The number of hydrogen-bond donors (Lipinski definition) is 3. The minimum atomic E-state index is -0.328. The molecule has 1 fully saturated rings. The van der Waals surface area contributed by atoms with Crippen molar-refractivity contribution in [2.24, 2.45) is 0 Å². The predicted octanol–water partition coefficient (Wildman–Crippen LogP) is -0.526. The number of aliphatic hydroxyl groups excluding tert-OH is 1. The summed E-state index contributed by atoms with van der Waals surface area (Å²) in [5, 5.41) is 15.3. The first kappa shape index (κ1) is 15.9. The standard InChI is InChI=1S/C13H25N3O3/c1-10(17)14-7-8-15-13(19)9-16(2)11-5-3-4-6-12(11)18/h11-12,18H,3-9H2,1-2H3,(H,14,17)(H,15,19). The molecule has 1 aliphatic carbocycles. The fourth-order valence-electron chi connectivity index (χ4n) is 2.45. The summed E-state index contributed by atoms with van der Waals surface area (Å²) in [5.41, 5.74) is 0. The van der Waals surface area contributed by atoms with Crippen LogP contribution in [0.25, 0.3) is 0 Å². The highest BCUT2D eigenvalue weighted by Gasteiger charge is 2.27. The minimum Gasteiger partial charge on any atom is -0.391 e. The van der Waals surface area contributed by atoms with E-state index in [-0.39, 0.29) is 30.5 Å². The van der Waals surface area contributed by atoms with E-state index < -0.39 is 0 Å². The van der Waals surface area contributed by atoms with Crippen molar-refractivity contribution in [3.63, 3.8) is 0 Å². The topological polar surface area (TPSA) is 81.7 Å². The zero-order valence-corrected chi connectivity index (χ0v) is 11.8. The van der Waals surface area contributed by atoms with Crippen LogP contribution in [0.4, 0.5) is 0 Å². The van der Waals surface area contributed by atoms with Crippen molar-refractivity contribution < 1.29 is 14.7 Å². The Kier molecular flexibility index (Phi) is 6.80. The largest absolute Gasteiger partial charge is 0.391 e. The van der Waals surface area contributed by atoms with Crippen LogP contribution in [0.1, 0.15) is 32.6 Å². The number of carbonyl (C=O) groups is 2. The second-order valence-electron chi connectivity index (χ2n) is 5.17. The third-order valence-electron chi connectivity index (χ3n) is 3.47. The molecule has 0 aliphatic heterocycles. The van der Waals surface area contributed by atoms with Crippen LogP contribution in [-0.2, 0) is 9.59 Å². The third kappa shape index (κ3) is 6.02. The number of likely N-dealkylation sites (N-methyl/N-ethyl adjacent to an activating group) is 1. The van der Waals surface area contributed by atoms with Crippen molar-refractivity contribution in [1.29, 1.82) is 0 Å². The molecule has 1 rings (SSSR count). The SMILES string of the molecule is CC(=O)NCCNC(=O)CN(C)C1CCCCC1O. The molecule has 0 aromatic rings. The average molecular weight is 271 g/mol. The average Bonchev–Trinajstić information content (AvgIpc) is 2.35. The van der Waals surface area contributed by atoms with Gasteiger partial charge in [-0.15, -0.1) is 0 Å². The molecule has 110 valence electrons. The van der Waals surface area contributed by atoms with Crippen LogP contribution in [0, 0.1) is 0 Å². The van der Waals surface area contributed by atoms with Gasteiger partial charge in [0.2, 0.25) is 11.8 Å². The Balaban J connectivity index is 2.21. The van der Waals surface area contributed by atoms with Gasteiger partial charge in [-0.05, 0) is 19.9 Å². The van der Waals surface area contributed by atoms with Gasteiger partial charge in [0.15, 0.2) is 0 Å². The van der Waals surface area contributed by atoms with E-state index in [0.29, 0.717) is 13.1 Å². The van der Waals surface area contributed by atoms with E-state index in [4.69, 9.17) is 0 Å². The first-order valence-electron chi connectivity index (χ1n) is 6.90. The Morgan fingerprint density at radius 1 is 1.21 bits per heavy atom. The van der Waals surface area contributed by atoms with Gasteiger partial charge < -0.3 is 15.7 Å². The molecule has 0 bridgehead atoms. The van der Waals surface area contributed by atoms with Crippen LogP contribution >= 0.6 is 0 Å². The summed E-state index contributed by atoms with van der Waals surface area (Å²) in [4.78, 5) is 24.3. The van der Waals surface area contributed by atoms with Gasteiger partial charge in [-0.3, -0.25) is 14.5 Å². The Bertz CT molecular complexity index is 310. The summed E-state index contributed by atoms with van der Waals surface area (Å²) in [7, 11) is 1.87. The van der Waals surface area contributed by atoms with Gasteiger partial charge in [0.05, 0.1) is 12.6 Å². The second-order valence-corrected chi connectivity index (χ2v) is 5.17. The quantitative estimate of drug-likeness (QED) is 0.568. The molecule has 0 spiro atoms. The third-order valence-corrected chi connectivity index (χ3v) is 3.47. The van der Waals surface area contributed by atoms with Gasteiger partial charge >= 0.3 is 0 Å². The van der Waals surface area contributed by atoms with E-state index in [1.807, 2.05) is 11.9 Å². The fourth-order valence-corrected chi connectivity index (χ4v) is 2.45. The molecule has 0 radical (unpaired) electrons. The molecular weight excluding hydrogens is 246 g/mol. The number of nitrogens with zero attached hydrogens (tertiary/aromatic N) is 1. The first-order valence-corrected chi connectivity index (χ1v) is 6.90. The molecule has 6 heteroatoms. The highest BCUT2D eigenvalue weighted by molar-refractivity contribution is 5.78. The molecular formula is C13H25N3O3. The van der Waals surface area contributed by atoms with Gasteiger partial charge in [-0.2, -0.15) is 0 Å². The van der Waals surface area contributed by atoms with Crippen LogP contribution in [0.5, 0.6) is 0 Å². The Hall–Kier alpha value is -1.14. The maximum atomic E-state index is 11.7. The molecule has 0 aromatic carbocycles. The molecule has 1 aliphatic rings. The highest BCUT2D eigenvalue weighted by atomic mass is 16.3. The Labute approximate surface area is 114 Å². The van der Waals surface area contributed by atoms with Gasteiger partial charge in [0.1, 0.15) is 0 Å². The molecule has 0 aromatic heterocycles. The molecule has 1 saturated carbocycles. The zero-order valence-electron chi connectivity index (χ0n) is 11.8. The highest BCUT2D eigenvalue weighted by Crippen LogP contribution is 2.21. The van der Waals surface area contributed by atoms with Crippen LogP contribution in [-0.4, -0.2) is 60.6 Å². The van der Waals surface area contributed by atoms with Crippen molar-refractivity contribution in [2.75, 3.05) is 26.7 Å². The second kappa shape index (κ2) is 8.12. The number of aliphatic hydroxyl groups is 1. The van der Waals surface area contributed by atoms with Crippen LogP contribution in [0.2, 0.25) is 0 Å². The molecule has 0 heterocycles. The van der Waals surface area contributed by atoms with Crippen LogP contribution < -0.4 is 10.6 Å². The number of carbonyl (C=O) groups excluding carboxylic acids is 2. The number of amides is 2. The normalized spacial score (nSPS) is 23.2. The minimum absolute atomic E-state index is 0.0781. The van der Waals surface area contributed by atoms with Crippen LogP contribution in [0.15, 0.2) is 0 Å². The summed E-state index contributed by atoms with van der Waals surface area (Å²) in [6, 6.07) is 0.0786. The van der Waals surface area contributed by atoms with E-state index in [1.165, 1.54) is 6.92 Å². The van der Waals surface area contributed by atoms with E-state index in [9.17, 15) is 14.7 Å². The summed E-state index contributed by atoms with van der Waals surface area (Å²) in [6.45, 7) is 2.60. The summed E-state index contributed by atoms with van der Waals surface area (Å²) in [6.07, 6.45) is 3.60. The Morgan fingerprint density at radius 2 is 1.84 bits per heavy atom. The number of nitrogens with one attached hydrogen (secondary N) is 2. The number of rotatable bonds is 6. The predicted molar refractivity (Wildman–Crippen MR) is 72.6 cm³/mol. The van der Waals surface area contributed by atoms with Crippen molar-refractivity contribution in [1.82, 2.24) is 15.5 Å². The van der Waals surface area contributed by atoms with Crippen LogP contribution in [0.3, 0.4) is 0 Å². The van der Waals surface area contributed by atoms with E-state index in [0.717, 1.165) is 25.7 Å². The molecule has 0 saturated heterocycles. The van der Waals surface area contributed by atoms with Crippen molar-refractivity contribution >= 4 is 11.8 Å². The maximum absolute atomic E-state index is 11.7. The smallest absolute Gasteiger partial charge is 0.234 e. The monoisotopic (exact) mass is 271 g/mol. The van der Waals surface area contributed by atoms with E-state index in [1.54, 1.807) is 0 Å². The maximum Gasteiger partial charge on any atom is 0.234 e. The van der Waals surface area contributed by atoms with E-state index >= 15 is 0 Å². The summed E-state index contributed by atoms with van der Waals surface area (Å²) >= 11 is 0. The van der Waals surface area contributed by atoms with Gasteiger partial charge in [-0.1, -0.05) is 12.8 Å². The molecule has 3 N–H and O–H groups in total. The lowest BCUT2D eigenvalue weighted by Crippen LogP contribution is -2.48. The molecule has 2 amide bonds. The van der Waals surface area contributed by atoms with E-state index in [2.05, 4.69) is 10.6 Å². The number of hydrogen-bond acceptors (Lipinski definition) is 4. The molecule has 19 heavy (non-hydrogen) atoms. The zero-order chi connectivity index (χ0) is 14.3. The van der Waals surface area contributed by atoms with Crippen molar-refractivity contribution in [3.8, 4) is 0 Å². The van der Waals surface area contributed by atoms with Gasteiger partial charge in [0.25, 0.3) is 0 Å². The van der Waals surface area contributed by atoms with Gasteiger partial charge in [0, 0.05) is 26.1 Å². The van der Waals surface area contributed by atoms with Gasteiger partial charge in [-0.25, -0.2) is 0 Å². The molecule has 2 unspecified atom stereocenters. The lowest BCUT2D eigenvalue weighted by atomic mass is 9.91. The Morgan fingerprint density at radius 3 is 2.47 bits per heavy atom. The van der Waals surface area contributed by atoms with Crippen molar-refractivity contribution in [3.05, 3.63) is 0 Å². The summed E-state index contributed by atoms with van der Waals surface area (Å²) in [5.74, 6) is -0.178. The lowest BCUT2D eigenvalue weighted by Gasteiger charge is -2.34. The van der Waals surface area contributed by atoms with Crippen molar-refractivity contribution in [2.45, 2.75) is 44.8 Å².